The van der Waals surface area contributed by atoms with E-state index >= 15 is 0 Å². The van der Waals surface area contributed by atoms with Crippen LogP contribution in [0.2, 0.25) is 0 Å². The molecule has 1 aromatic heterocycles. The van der Waals surface area contributed by atoms with E-state index in [2.05, 4.69) is 22.1 Å². The van der Waals surface area contributed by atoms with Gasteiger partial charge in [0.15, 0.2) is 11.5 Å². The molecule has 1 aromatic carbocycles. The summed E-state index contributed by atoms with van der Waals surface area (Å²) in [6, 6.07) is 7.45. The second-order valence-electron chi connectivity index (χ2n) is 6.78. The van der Waals surface area contributed by atoms with Crippen LogP contribution in [0, 0.1) is 6.92 Å². The van der Waals surface area contributed by atoms with Crippen LogP contribution < -0.4 is 19.7 Å². The Kier molecular flexibility index (Phi) is 5.00. The third-order valence-electron chi connectivity index (χ3n) is 4.91. The smallest absolute Gasteiger partial charge is 0.321 e. The van der Waals surface area contributed by atoms with E-state index < -0.39 is 0 Å². The van der Waals surface area contributed by atoms with Crippen molar-refractivity contribution in [2.45, 2.75) is 13.3 Å². The van der Waals surface area contributed by atoms with Gasteiger partial charge in [-0.05, 0) is 37.1 Å². The number of hydrogen-bond donors (Lipinski definition) is 1. The van der Waals surface area contributed by atoms with Crippen LogP contribution in [0.5, 0.6) is 11.5 Å². The SMILES string of the molecule is Cc1cnccc1N1CCCN(C(=O)Nc2ccc3c(c2)OCCO3)CC1. The van der Waals surface area contributed by atoms with Gasteiger partial charge in [-0.15, -0.1) is 0 Å². The van der Waals surface area contributed by atoms with Crippen molar-refractivity contribution < 1.29 is 14.3 Å². The van der Waals surface area contributed by atoms with Crippen LogP contribution in [0.1, 0.15) is 12.0 Å². The Bertz CT molecular complexity index is 827. The third kappa shape index (κ3) is 3.92. The van der Waals surface area contributed by atoms with Crippen LogP contribution in [-0.4, -0.2) is 55.3 Å². The molecule has 1 N–H and O–H groups in total. The average Bonchev–Trinajstić information content (AvgIpc) is 2.94. The molecule has 0 saturated carbocycles. The molecule has 1 saturated heterocycles. The maximum Gasteiger partial charge on any atom is 0.321 e. The number of fused-ring (bicyclic) bond motifs is 1. The number of carbonyl (C=O) groups is 1. The molecule has 2 aliphatic heterocycles. The quantitative estimate of drug-likeness (QED) is 0.883. The number of nitrogens with zero attached hydrogens (tertiary/aromatic N) is 3. The molecule has 0 radical (unpaired) electrons. The Morgan fingerprint density at radius 1 is 1.07 bits per heavy atom. The summed E-state index contributed by atoms with van der Waals surface area (Å²) in [6.07, 6.45) is 4.63. The zero-order chi connectivity index (χ0) is 18.6. The first-order chi connectivity index (χ1) is 13.2. The van der Waals surface area contributed by atoms with Crippen LogP contribution >= 0.6 is 0 Å². The van der Waals surface area contributed by atoms with Crippen molar-refractivity contribution in [2.75, 3.05) is 49.6 Å². The van der Waals surface area contributed by atoms with Crippen molar-refractivity contribution in [3.8, 4) is 11.5 Å². The Balaban J connectivity index is 1.39. The molecule has 142 valence electrons. The monoisotopic (exact) mass is 368 g/mol. The van der Waals surface area contributed by atoms with Gasteiger partial charge in [0, 0.05) is 56.0 Å². The van der Waals surface area contributed by atoms with Crippen molar-refractivity contribution in [1.82, 2.24) is 9.88 Å². The molecule has 1 fully saturated rings. The van der Waals surface area contributed by atoms with Gasteiger partial charge in [-0.3, -0.25) is 4.98 Å². The van der Waals surface area contributed by atoms with E-state index in [-0.39, 0.29) is 6.03 Å². The summed E-state index contributed by atoms with van der Waals surface area (Å²) in [5.41, 5.74) is 3.07. The fourth-order valence-corrected chi connectivity index (χ4v) is 3.51. The molecule has 27 heavy (non-hydrogen) atoms. The minimum absolute atomic E-state index is 0.0834. The first-order valence-electron chi connectivity index (χ1n) is 9.32. The van der Waals surface area contributed by atoms with Crippen molar-refractivity contribution >= 4 is 17.4 Å². The summed E-state index contributed by atoms with van der Waals surface area (Å²) in [5.74, 6) is 1.40. The summed E-state index contributed by atoms with van der Waals surface area (Å²) in [4.78, 5) is 21.1. The lowest BCUT2D eigenvalue weighted by Crippen LogP contribution is -2.38. The van der Waals surface area contributed by atoms with Gasteiger partial charge in [0.25, 0.3) is 0 Å². The highest BCUT2D eigenvalue weighted by atomic mass is 16.6. The number of nitrogens with one attached hydrogen (secondary N) is 1. The number of urea groups is 1. The average molecular weight is 368 g/mol. The molecule has 7 heteroatoms. The summed E-state index contributed by atoms with van der Waals surface area (Å²) < 4.78 is 11.1. The number of rotatable bonds is 2. The summed E-state index contributed by atoms with van der Waals surface area (Å²) in [5, 5.41) is 2.98. The molecule has 0 unspecified atom stereocenters. The van der Waals surface area contributed by atoms with Gasteiger partial charge < -0.3 is 24.6 Å². The molecule has 2 aliphatic rings. The van der Waals surface area contributed by atoms with Gasteiger partial charge >= 0.3 is 6.03 Å². The second-order valence-corrected chi connectivity index (χ2v) is 6.78. The Morgan fingerprint density at radius 3 is 2.78 bits per heavy atom. The van der Waals surface area contributed by atoms with Gasteiger partial charge in [-0.25, -0.2) is 4.79 Å². The van der Waals surface area contributed by atoms with Crippen molar-refractivity contribution in [3.05, 3.63) is 42.2 Å². The predicted molar refractivity (Wildman–Crippen MR) is 104 cm³/mol. The first kappa shape index (κ1) is 17.5. The van der Waals surface area contributed by atoms with E-state index in [0.717, 1.165) is 43.1 Å². The maximum atomic E-state index is 12.7. The molecule has 0 aliphatic carbocycles. The molecule has 2 aromatic rings. The highest BCUT2D eigenvalue weighted by Crippen LogP contribution is 2.32. The fourth-order valence-electron chi connectivity index (χ4n) is 3.51. The lowest BCUT2D eigenvalue weighted by Gasteiger charge is -2.25. The van der Waals surface area contributed by atoms with Crippen molar-refractivity contribution in [3.63, 3.8) is 0 Å². The van der Waals surface area contributed by atoms with E-state index in [4.69, 9.17) is 9.47 Å². The molecule has 4 rings (SSSR count). The van der Waals surface area contributed by atoms with Gasteiger partial charge in [0.1, 0.15) is 13.2 Å². The largest absolute Gasteiger partial charge is 0.486 e. The number of ether oxygens (including phenoxy) is 2. The number of aryl methyl sites for hydroxylation is 1. The van der Waals surface area contributed by atoms with Crippen LogP contribution in [-0.2, 0) is 0 Å². The summed E-state index contributed by atoms with van der Waals surface area (Å²) in [7, 11) is 0. The number of pyridine rings is 1. The molecular formula is C20H24N4O3. The minimum atomic E-state index is -0.0834. The number of benzene rings is 1. The zero-order valence-electron chi connectivity index (χ0n) is 15.5. The molecule has 0 bridgehead atoms. The summed E-state index contributed by atoms with van der Waals surface area (Å²) in [6.45, 7) is 6.30. The molecule has 3 heterocycles. The number of aromatic nitrogens is 1. The predicted octanol–water partition coefficient (Wildman–Crippen LogP) is 2.91. The maximum absolute atomic E-state index is 12.7. The van der Waals surface area contributed by atoms with Crippen molar-refractivity contribution in [1.29, 1.82) is 0 Å². The molecule has 7 nitrogen and oxygen atoms in total. The van der Waals surface area contributed by atoms with E-state index in [9.17, 15) is 4.79 Å². The molecule has 0 atom stereocenters. The Morgan fingerprint density at radius 2 is 1.93 bits per heavy atom. The zero-order valence-corrected chi connectivity index (χ0v) is 15.5. The minimum Gasteiger partial charge on any atom is -0.486 e. The van der Waals surface area contributed by atoms with Gasteiger partial charge in [0.2, 0.25) is 0 Å². The number of hydrogen-bond acceptors (Lipinski definition) is 5. The van der Waals surface area contributed by atoms with E-state index in [1.54, 1.807) is 0 Å². The van der Waals surface area contributed by atoms with Crippen LogP contribution in [0.15, 0.2) is 36.7 Å². The molecule has 0 spiro atoms. The Labute approximate surface area is 158 Å². The molecule has 2 amide bonds. The van der Waals surface area contributed by atoms with Crippen molar-refractivity contribution in [2.24, 2.45) is 0 Å². The first-order valence-corrected chi connectivity index (χ1v) is 9.32. The van der Waals surface area contributed by atoms with Crippen LogP contribution in [0.3, 0.4) is 0 Å². The van der Waals surface area contributed by atoms with Gasteiger partial charge in [0.05, 0.1) is 0 Å². The standard InChI is InChI=1S/C20H24N4O3/c1-15-14-21-6-5-17(15)23-7-2-8-24(10-9-23)20(25)22-16-3-4-18-19(13-16)27-12-11-26-18/h3-6,13-14H,2,7-12H2,1H3,(H,22,25). The number of amides is 2. The summed E-state index contributed by atoms with van der Waals surface area (Å²) >= 11 is 0. The Hall–Kier alpha value is -2.96. The van der Waals surface area contributed by atoms with Gasteiger partial charge in [-0.2, -0.15) is 0 Å². The second kappa shape index (κ2) is 7.73. The normalized spacial score (nSPS) is 16.6. The number of anilines is 2. The van der Waals surface area contributed by atoms with Gasteiger partial charge in [-0.1, -0.05) is 0 Å². The topological polar surface area (TPSA) is 66.9 Å². The number of carbonyl (C=O) groups excluding carboxylic acids is 1. The van der Waals surface area contributed by atoms with E-state index in [1.807, 2.05) is 41.6 Å². The highest BCUT2D eigenvalue weighted by molar-refractivity contribution is 5.89. The van der Waals surface area contributed by atoms with Crippen LogP contribution in [0.4, 0.5) is 16.2 Å². The fraction of sp³-hybridized carbons (Fsp3) is 0.400. The van der Waals surface area contributed by atoms with E-state index in [0.29, 0.717) is 25.5 Å². The van der Waals surface area contributed by atoms with Crippen LogP contribution in [0.25, 0.3) is 0 Å². The molecular weight excluding hydrogens is 344 g/mol. The highest BCUT2D eigenvalue weighted by Gasteiger charge is 2.21. The lowest BCUT2D eigenvalue weighted by atomic mass is 10.2. The lowest BCUT2D eigenvalue weighted by molar-refractivity contribution is 0.171. The third-order valence-corrected chi connectivity index (χ3v) is 4.91. The van der Waals surface area contributed by atoms with E-state index in [1.165, 1.54) is 5.69 Å².